The minimum atomic E-state index is 0.0597. The van der Waals surface area contributed by atoms with Gasteiger partial charge < -0.3 is 10.1 Å². The van der Waals surface area contributed by atoms with Crippen molar-refractivity contribution in [1.29, 1.82) is 0 Å². The van der Waals surface area contributed by atoms with E-state index < -0.39 is 0 Å². The van der Waals surface area contributed by atoms with Crippen molar-refractivity contribution in [3.05, 3.63) is 83.9 Å². The van der Waals surface area contributed by atoms with Crippen LogP contribution < -0.4 is 5.32 Å². The van der Waals surface area contributed by atoms with Gasteiger partial charge in [-0.25, -0.2) is 0 Å². The van der Waals surface area contributed by atoms with Crippen molar-refractivity contribution in [1.82, 2.24) is 10.2 Å². The van der Waals surface area contributed by atoms with Gasteiger partial charge in [0.15, 0.2) is 0 Å². The number of hydrogen-bond donors (Lipinski definition) is 1. The molecular formula is C24H26N2O2. The molecule has 28 heavy (non-hydrogen) atoms. The minimum absolute atomic E-state index is 0.0597. The fourth-order valence-electron chi connectivity index (χ4n) is 3.83. The molecule has 1 aliphatic heterocycles. The number of ether oxygens (including phenoxy) is 1. The van der Waals surface area contributed by atoms with Crippen LogP contribution in [0.4, 0.5) is 0 Å². The SMILES string of the molecule is O=C(Cc1ccc2ccccc2c1)NCC(c1ccccc1)N1CCOCC1. The number of hydrogen-bond acceptors (Lipinski definition) is 3. The molecule has 1 aliphatic rings. The molecule has 1 heterocycles. The fourth-order valence-corrected chi connectivity index (χ4v) is 3.83. The maximum absolute atomic E-state index is 12.6. The van der Waals surface area contributed by atoms with Crippen LogP contribution >= 0.6 is 0 Å². The van der Waals surface area contributed by atoms with Crippen LogP contribution in [-0.2, 0) is 16.0 Å². The molecule has 4 rings (SSSR count). The Balaban J connectivity index is 1.41. The van der Waals surface area contributed by atoms with Gasteiger partial charge in [0, 0.05) is 19.6 Å². The quantitative estimate of drug-likeness (QED) is 0.717. The Morgan fingerprint density at radius 1 is 0.929 bits per heavy atom. The highest BCUT2D eigenvalue weighted by molar-refractivity contribution is 5.85. The van der Waals surface area contributed by atoms with Gasteiger partial charge in [-0.05, 0) is 21.9 Å². The van der Waals surface area contributed by atoms with Crippen LogP contribution in [0.2, 0.25) is 0 Å². The maximum Gasteiger partial charge on any atom is 0.224 e. The molecule has 0 aliphatic carbocycles. The Kier molecular flexibility index (Phi) is 6.00. The van der Waals surface area contributed by atoms with Gasteiger partial charge in [-0.1, -0.05) is 72.8 Å². The molecule has 1 unspecified atom stereocenters. The molecular weight excluding hydrogens is 348 g/mol. The zero-order valence-corrected chi connectivity index (χ0v) is 16.0. The van der Waals surface area contributed by atoms with Crippen molar-refractivity contribution in [3.63, 3.8) is 0 Å². The molecule has 0 aromatic heterocycles. The molecule has 0 saturated carbocycles. The van der Waals surface area contributed by atoms with E-state index in [-0.39, 0.29) is 11.9 Å². The number of fused-ring (bicyclic) bond motifs is 1. The highest BCUT2D eigenvalue weighted by atomic mass is 16.5. The summed E-state index contributed by atoms with van der Waals surface area (Å²) in [5, 5.41) is 5.52. The Morgan fingerprint density at radius 3 is 2.43 bits per heavy atom. The van der Waals surface area contributed by atoms with Gasteiger partial charge in [0.1, 0.15) is 0 Å². The number of benzene rings is 3. The van der Waals surface area contributed by atoms with Crippen LogP contribution in [0, 0.1) is 0 Å². The van der Waals surface area contributed by atoms with Crippen molar-refractivity contribution in [2.75, 3.05) is 32.8 Å². The van der Waals surface area contributed by atoms with Crippen LogP contribution in [-0.4, -0.2) is 43.7 Å². The van der Waals surface area contributed by atoms with Crippen LogP contribution in [0.1, 0.15) is 17.2 Å². The number of morpholine rings is 1. The fraction of sp³-hybridized carbons (Fsp3) is 0.292. The summed E-state index contributed by atoms with van der Waals surface area (Å²) in [5.41, 5.74) is 2.27. The van der Waals surface area contributed by atoms with E-state index >= 15 is 0 Å². The lowest BCUT2D eigenvalue weighted by Crippen LogP contribution is -2.44. The number of carbonyl (C=O) groups is 1. The Labute approximate surface area is 166 Å². The predicted octanol–water partition coefficient (Wildman–Crippen LogP) is 3.57. The standard InChI is InChI=1S/C24H26N2O2/c27-24(17-19-10-11-20-6-4-5-9-22(20)16-19)25-18-23(21-7-2-1-3-8-21)26-12-14-28-15-13-26/h1-11,16,23H,12-15,17-18H2,(H,25,27). The number of nitrogens with zero attached hydrogens (tertiary/aromatic N) is 1. The lowest BCUT2D eigenvalue weighted by molar-refractivity contribution is -0.120. The number of nitrogens with one attached hydrogen (secondary N) is 1. The zero-order chi connectivity index (χ0) is 19.2. The molecule has 1 saturated heterocycles. The largest absolute Gasteiger partial charge is 0.379 e. The number of amides is 1. The van der Waals surface area contributed by atoms with Crippen LogP contribution in [0.3, 0.4) is 0 Å². The molecule has 4 heteroatoms. The normalized spacial score (nSPS) is 16.0. The first-order valence-electron chi connectivity index (χ1n) is 9.91. The molecule has 1 atom stereocenters. The Morgan fingerprint density at radius 2 is 1.64 bits per heavy atom. The number of rotatable bonds is 6. The first kappa shape index (κ1) is 18.7. The minimum Gasteiger partial charge on any atom is -0.379 e. The van der Waals surface area contributed by atoms with Gasteiger partial charge in [0.25, 0.3) is 0 Å². The third-order valence-corrected chi connectivity index (χ3v) is 5.34. The van der Waals surface area contributed by atoms with Crippen molar-refractivity contribution >= 4 is 16.7 Å². The van der Waals surface area contributed by atoms with Crippen molar-refractivity contribution in [2.24, 2.45) is 0 Å². The maximum atomic E-state index is 12.6. The molecule has 0 radical (unpaired) electrons. The highest BCUT2D eigenvalue weighted by Gasteiger charge is 2.23. The Hall–Kier alpha value is -2.69. The van der Waals surface area contributed by atoms with Crippen LogP contribution in [0.5, 0.6) is 0 Å². The monoisotopic (exact) mass is 374 g/mol. The van der Waals surface area contributed by atoms with Crippen molar-refractivity contribution in [3.8, 4) is 0 Å². The molecule has 0 bridgehead atoms. The summed E-state index contributed by atoms with van der Waals surface area (Å²) in [4.78, 5) is 15.0. The van der Waals surface area contributed by atoms with E-state index in [0.717, 1.165) is 31.9 Å². The molecule has 3 aromatic carbocycles. The lowest BCUT2D eigenvalue weighted by atomic mass is 10.0. The van der Waals surface area contributed by atoms with E-state index in [1.54, 1.807) is 0 Å². The average molecular weight is 374 g/mol. The Bertz CT molecular complexity index is 920. The van der Waals surface area contributed by atoms with E-state index in [1.165, 1.54) is 16.3 Å². The molecule has 1 fully saturated rings. The summed E-state index contributed by atoms with van der Waals surface area (Å²) in [7, 11) is 0. The summed E-state index contributed by atoms with van der Waals surface area (Å²) >= 11 is 0. The van der Waals surface area contributed by atoms with Crippen molar-refractivity contribution in [2.45, 2.75) is 12.5 Å². The summed E-state index contributed by atoms with van der Waals surface area (Å²) in [6, 6.07) is 25.0. The topological polar surface area (TPSA) is 41.6 Å². The molecule has 3 aromatic rings. The zero-order valence-electron chi connectivity index (χ0n) is 16.0. The second kappa shape index (κ2) is 9.00. The predicted molar refractivity (Wildman–Crippen MR) is 112 cm³/mol. The molecule has 144 valence electrons. The second-order valence-corrected chi connectivity index (χ2v) is 7.24. The van der Waals surface area contributed by atoms with Gasteiger partial charge in [-0.15, -0.1) is 0 Å². The van der Waals surface area contributed by atoms with Gasteiger partial charge in [0.2, 0.25) is 5.91 Å². The molecule has 4 nitrogen and oxygen atoms in total. The van der Waals surface area contributed by atoms with E-state index in [2.05, 4.69) is 58.7 Å². The summed E-state index contributed by atoms with van der Waals surface area (Å²) in [6.07, 6.45) is 0.398. The smallest absolute Gasteiger partial charge is 0.224 e. The highest BCUT2D eigenvalue weighted by Crippen LogP contribution is 2.21. The van der Waals surface area contributed by atoms with E-state index in [4.69, 9.17) is 4.74 Å². The molecule has 1 N–H and O–H groups in total. The number of carbonyl (C=O) groups excluding carboxylic acids is 1. The van der Waals surface area contributed by atoms with E-state index in [1.807, 2.05) is 24.3 Å². The van der Waals surface area contributed by atoms with Crippen LogP contribution in [0.25, 0.3) is 10.8 Å². The van der Waals surface area contributed by atoms with E-state index in [9.17, 15) is 4.79 Å². The third kappa shape index (κ3) is 4.58. The van der Waals surface area contributed by atoms with Gasteiger partial charge >= 0.3 is 0 Å². The molecule has 0 spiro atoms. The van der Waals surface area contributed by atoms with Gasteiger partial charge in [-0.3, -0.25) is 9.69 Å². The summed E-state index contributed by atoms with van der Waals surface area (Å²) in [6.45, 7) is 3.87. The first-order chi connectivity index (χ1) is 13.8. The van der Waals surface area contributed by atoms with Crippen LogP contribution in [0.15, 0.2) is 72.8 Å². The molecule has 1 amide bonds. The average Bonchev–Trinajstić information content (AvgIpc) is 2.75. The summed E-state index contributed by atoms with van der Waals surface area (Å²) in [5.74, 6) is 0.0597. The first-order valence-corrected chi connectivity index (χ1v) is 9.91. The second-order valence-electron chi connectivity index (χ2n) is 7.24. The summed E-state index contributed by atoms with van der Waals surface area (Å²) < 4.78 is 5.50. The third-order valence-electron chi connectivity index (χ3n) is 5.34. The van der Waals surface area contributed by atoms with Gasteiger partial charge in [0.05, 0.1) is 25.7 Å². The van der Waals surface area contributed by atoms with Gasteiger partial charge in [-0.2, -0.15) is 0 Å². The van der Waals surface area contributed by atoms with E-state index in [0.29, 0.717) is 13.0 Å². The lowest BCUT2D eigenvalue weighted by Gasteiger charge is -2.35. The van der Waals surface area contributed by atoms with Crippen molar-refractivity contribution < 1.29 is 9.53 Å².